The number of para-hydroxylation sites is 1. The summed E-state index contributed by atoms with van der Waals surface area (Å²) in [5, 5.41) is 16.5. The summed E-state index contributed by atoms with van der Waals surface area (Å²) in [6, 6.07) is 9.02. The van der Waals surface area contributed by atoms with Crippen LogP contribution in [0.2, 0.25) is 0 Å². The first-order valence-electron chi connectivity index (χ1n) is 6.46. The van der Waals surface area contributed by atoms with E-state index in [4.69, 9.17) is 5.26 Å². The first-order chi connectivity index (χ1) is 10.2. The summed E-state index contributed by atoms with van der Waals surface area (Å²) in [7, 11) is 1.83. The number of nitriles is 1. The molecular weight excluding hydrogens is 286 g/mol. The predicted molar refractivity (Wildman–Crippen MR) is 80.7 cm³/mol. The van der Waals surface area contributed by atoms with Crippen molar-refractivity contribution in [1.82, 2.24) is 14.8 Å². The smallest absolute Gasteiger partial charge is 0.224 e. The Labute approximate surface area is 127 Å². The van der Waals surface area contributed by atoms with Gasteiger partial charge in [0.25, 0.3) is 0 Å². The van der Waals surface area contributed by atoms with E-state index in [-0.39, 0.29) is 5.91 Å². The summed E-state index contributed by atoms with van der Waals surface area (Å²) >= 11 is 1.57. The van der Waals surface area contributed by atoms with E-state index in [9.17, 15) is 4.79 Å². The van der Waals surface area contributed by atoms with E-state index in [1.165, 1.54) is 6.33 Å². The minimum absolute atomic E-state index is 0.0868. The second-order valence-electron chi connectivity index (χ2n) is 4.32. The van der Waals surface area contributed by atoms with Crippen molar-refractivity contribution in [2.75, 3.05) is 11.1 Å². The number of carbonyl (C=O) groups is 1. The zero-order valence-corrected chi connectivity index (χ0v) is 12.4. The van der Waals surface area contributed by atoms with Crippen molar-refractivity contribution in [2.24, 2.45) is 7.05 Å². The standard InChI is InChI=1S/C14H15N5OS/c1-19-14(16-10-17-19)21-8-4-7-13(20)18-12-6-3-2-5-11(12)9-15/h2-3,5-6,10H,4,7-8H2,1H3,(H,18,20). The predicted octanol–water partition coefficient (Wildman–Crippen LogP) is 2.20. The average molecular weight is 301 g/mol. The van der Waals surface area contributed by atoms with Crippen LogP contribution < -0.4 is 5.32 Å². The summed E-state index contributed by atoms with van der Waals surface area (Å²) < 4.78 is 1.70. The molecule has 0 atom stereocenters. The lowest BCUT2D eigenvalue weighted by Crippen LogP contribution is -2.12. The molecule has 21 heavy (non-hydrogen) atoms. The number of hydrogen-bond donors (Lipinski definition) is 1. The molecule has 6 nitrogen and oxygen atoms in total. The maximum absolute atomic E-state index is 11.8. The monoisotopic (exact) mass is 301 g/mol. The molecule has 108 valence electrons. The van der Waals surface area contributed by atoms with E-state index < -0.39 is 0 Å². The maximum Gasteiger partial charge on any atom is 0.224 e. The second-order valence-corrected chi connectivity index (χ2v) is 5.39. The molecule has 0 radical (unpaired) electrons. The van der Waals surface area contributed by atoms with Gasteiger partial charge in [-0.1, -0.05) is 23.9 Å². The summed E-state index contributed by atoms with van der Waals surface area (Å²) in [6.07, 6.45) is 2.65. The van der Waals surface area contributed by atoms with E-state index in [1.807, 2.05) is 7.05 Å². The van der Waals surface area contributed by atoms with Crippen LogP contribution >= 0.6 is 11.8 Å². The Bertz CT molecular complexity index is 661. The number of anilines is 1. The molecule has 0 saturated carbocycles. The zero-order valence-electron chi connectivity index (χ0n) is 11.6. The van der Waals surface area contributed by atoms with Crippen molar-refractivity contribution in [1.29, 1.82) is 5.26 Å². The lowest BCUT2D eigenvalue weighted by Gasteiger charge is -2.06. The highest BCUT2D eigenvalue weighted by Gasteiger charge is 2.07. The molecule has 1 aromatic heterocycles. The molecule has 0 saturated heterocycles. The Morgan fingerprint density at radius 3 is 3.00 bits per heavy atom. The number of hydrogen-bond acceptors (Lipinski definition) is 5. The fraction of sp³-hybridized carbons (Fsp3) is 0.286. The minimum Gasteiger partial charge on any atom is -0.325 e. The van der Waals surface area contributed by atoms with Crippen LogP contribution in [-0.2, 0) is 11.8 Å². The lowest BCUT2D eigenvalue weighted by atomic mass is 10.2. The lowest BCUT2D eigenvalue weighted by molar-refractivity contribution is -0.116. The minimum atomic E-state index is -0.0868. The van der Waals surface area contributed by atoms with Crippen molar-refractivity contribution in [3.8, 4) is 6.07 Å². The number of aromatic nitrogens is 3. The number of carbonyl (C=O) groups excluding carboxylic acids is 1. The van der Waals surface area contributed by atoms with Crippen LogP contribution in [0.3, 0.4) is 0 Å². The van der Waals surface area contributed by atoms with Crippen molar-refractivity contribution in [3.05, 3.63) is 36.2 Å². The molecule has 2 rings (SSSR count). The first-order valence-corrected chi connectivity index (χ1v) is 7.45. The topological polar surface area (TPSA) is 83.6 Å². The van der Waals surface area contributed by atoms with Gasteiger partial charge >= 0.3 is 0 Å². The van der Waals surface area contributed by atoms with Gasteiger partial charge in [-0.05, 0) is 18.6 Å². The largest absolute Gasteiger partial charge is 0.325 e. The Balaban J connectivity index is 1.75. The fourth-order valence-electron chi connectivity index (χ4n) is 1.71. The van der Waals surface area contributed by atoms with Gasteiger partial charge in [-0.15, -0.1) is 0 Å². The SMILES string of the molecule is Cn1ncnc1SCCCC(=O)Nc1ccccc1C#N. The van der Waals surface area contributed by atoms with Gasteiger partial charge < -0.3 is 5.32 Å². The number of nitrogens with zero attached hydrogens (tertiary/aromatic N) is 4. The summed E-state index contributed by atoms with van der Waals surface area (Å²) in [5.74, 6) is 0.705. The van der Waals surface area contributed by atoms with Crippen molar-refractivity contribution in [3.63, 3.8) is 0 Å². The average Bonchev–Trinajstić information content (AvgIpc) is 2.89. The molecule has 0 aliphatic heterocycles. The molecule has 7 heteroatoms. The van der Waals surface area contributed by atoms with Gasteiger partial charge in [0.15, 0.2) is 5.16 Å². The van der Waals surface area contributed by atoms with E-state index >= 15 is 0 Å². The molecule has 0 aliphatic rings. The van der Waals surface area contributed by atoms with Crippen LogP contribution in [0.4, 0.5) is 5.69 Å². The summed E-state index contributed by atoms with van der Waals surface area (Å²) in [4.78, 5) is 15.9. The van der Waals surface area contributed by atoms with Crippen molar-refractivity contribution in [2.45, 2.75) is 18.0 Å². The molecule has 0 aliphatic carbocycles. The number of aryl methyl sites for hydroxylation is 1. The third kappa shape index (κ3) is 4.33. The Kier molecular flexibility index (Phi) is 5.35. The van der Waals surface area contributed by atoms with E-state index in [1.54, 1.807) is 40.7 Å². The molecular formula is C14H15N5OS. The fourth-order valence-corrected chi connectivity index (χ4v) is 2.54. The number of rotatable bonds is 6. The highest BCUT2D eigenvalue weighted by molar-refractivity contribution is 7.99. The Hall–Kier alpha value is -2.33. The van der Waals surface area contributed by atoms with Gasteiger partial charge in [0, 0.05) is 19.2 Å². The van der Waals surface area contributed by atoms with Crippen LogP contribution in [-0.4, -0.2) is 26.4 Å². The number of nitrogens with one attached hydrogen (secondary N) is 1. The van der Waals surface area contributed by atoms with Gasteiger partial charge in [-0.25, -0.2) is 9.67 Å². The molecule has 0 fully saturated rings. The number of thioether (sulfide) groups is 1. The van der Waals surface area contributed by atoms with Crippen molar-refractivity contribution >= 4 is 23.4 Å². The van der Waals surface area contributed by atoms with Gasteiger partial charge in [-0.2, -0.15) is 10.4 Å². The van der Waals surface area contributed by atoms with Crippen LogP contribution in [0, 0.1) is 11.3 Å². The number of benzene rings is 1. The van der Waals surface area contributed by atoms with Gasteiger partial charge in [0.2, 0.25) is 5.91 Å². The molecule has 0 spiro atoms. The maximum atomic E-state index is 11.8. The van der Waals surface area contributed by atoms with Crippen molar-refractivity contribution < 1.29 is 4.79 Å². The van der Waals surface area contributed by atoms with E-state index in [0.29, 0.717) is 17.7 Å². The van der Waals surface area contributed by atoms with Crippen LogP contribution in [0.15, 0.2) is 35.7 Å². The molecule has 0 bridgehead atoms. The van der Waals surface area contributed by atoms with E-state index in [0.717, 1.165) is 17.3 Å². The third-order valence-electron chi connectivity index (χ3n) is 2.77. The quantitative estimate of drug-likeness (QED) is 0.653. The summed E-state index contributed by atoms with van der Waals surface area (Å²) in [6.45, 7) is 0. The Morgan fingerprint density at radius 2 is 2.29 bits per heavy atom. The van der Waals surface area contributed by atoms with Crippen LogP contribution in [0.25, 0.3) is 0 Å². The Morgan fingerprint density at radius 1 is 1.48 bits per heavy atom. The normalized spacial score (nSPS) is 10.1. The third-order valence-corrected chi connectivity index (χ3v) is 3.89. The molecule has 2 aromatic rings. The molecule has 0 unspecified atom stereocenters. The molecule has 1 N–H and O–H groups in total. The van der Waals surface area contributed by atoms with Crippen LogP contribution in [0.1, 0.15) is 18.4 Å². The van der Waals surface area contributed by atoms with Crippen LogP contribution in [0.5, 0.6) is 0 Å². The van der Waals surface area contributed by atoms with Gasteiger partial charge in [0.05, 0.1) is 11.3 Å². The first kappa shape index (κ1) is 15.1. The van der Waals surface area contributed by atoms with E-state index in [2.05, 4.69) is 21.5 Å². The highest BCUT2D eigenvalue weighted by Crippen LogP contribution is 2.16. The summed E-state index contributed by atoms with van der Waals surface area (Å²) in [5.41, 5.74) is 1.03. The molecule has 1 aromatic carbocycles. The number of amides is 1. The highest BCUT2D eigenvalue weighted by atomic mass is 32.2. The van der Waals surface area contributed by atoms with Gasteiger partial charge in [0.1, 0.15) is 12.4 Å². The molecule has 1 heterocycles. The zero-order chi connectivity index (χ0) is 15.1. The molecule has 1 amide bonds. The van der Waals surface area contributed by atoms with Gasteiger partial charge in [-0.3, -0.25) is 4.79 Å². The second kappa shape index (κ2) is 7.45.